The molecule has 3 heterocycles. The minimum absolute atomic E-state index is 0.229. The predicted molar refractivity (Wildman–Crippen MR) is 178 cm³/mol. The largest absolute Gasteiger partial charge is 0.352 e. The molecule has 0 N–H and O–H groups in total. The Balaban J connectivity index is 1.26. The molecule has 228 valence electrons. The molecule has 6 heteroatoms. The number of hydrogen-bond donors (Lipinski definition) is 0. The van der Waals surface area contributed by atoms with Gasteiger partial charge >= 0.3 is 0 Å². The number of aromatic nitrogens is 3. The molecule has 0 spiro atoms. The lowest BCUT2D eigenvalue weighted by atomic mass is 9.93. The molecule has 0 unspecified atom stereocenters. The van der Waals surface area contributed by atoms with Crippen molar-refractivity contribution in [1.82, 2.24) is 19.4 Å². The van der Waals surface area contributed by atoms with E-state index in [1.54, 1.807) is 6.33 Å². The Hall–Kier alpha value is -3.69. The van der Waals surface area contributed by atoms with Crippen molar-refractivity contribution in [2.24, 2.45) is 0 Å². The average Bonchev–Trinajstić information content (AvgIpc) is 3.32. The van der Waals surface area contributed by atoms with Gasteiger partial charge in [0.05, 0.1) is 11.6 Å². The Morgan fingerprint density at radius 3 is 1.82 bits per heavy atom. The second-order valence-corrected chi connectivity index (χ2v) is 13.2. The Morgan fingerprint density at radius 2 is 1.25 bits per heavy atom. The number of benzene rings is 2. The topological polar surface area (TPSA) is 61.0 Å². The van der Waals surface area contributed by atoms with Gasteiger partial charge in [0.15, 0.2) is 5.82 Å². The quantitative estimate of drug-likeness (QED) is 0.212. The summed E-state index contributed by atoms with van der Waals surface area (Å²) in [5.41, 5.74) is 6.80. The van der Waals surface area contributed by atoms with Crippen molar-refractivity contribution in [3.8, 4) is 6.07 Å². The van der Waals surface area contributed by atoms with Gasteiger partial charge < -0.3 is 9.47 Å². The third-order valence-electron chi connectivity index (χ3n) is 10.5. The van der Waals surface area contributed by atoms with Crippen LogP contribution in [0.3, 0.4) is 0 Å². The highest BCUT2D eigenvalue weighted by atomic mass is 15.3. The standard InChI is InChI=1S/C38H46N6/c39-27-33-34-37(44(32-21-13-3-4-14-22-32)36(33)31-19-7-1-2-8-20-31)38(41-28-40-34)43-25-23-42(24-26-43)35(29-15-9-5-10-16-29)30-17-11-6-12-18-30/h5-6,9-12,15-18,28,31-32,35H,1-4,7-8,13-14,19-26H2. The van der Waals surface area contributed by atoms with Gasteiger partial charge in [-0.25, -0.2) is 9.97 Å². The van der Waals surface area contributed by atoms with E-state index in [1.165, 1.54) is 93.9 Å². The first-order chi connectivity index (χ1) is 21.8. The number of nitriles is 1. The van der Waals surface area contributed by atoms with Crippen molar-refractivity contribution in [2.45, 2.75) is 95.1 Å². The zero-order chi connectivity index (χ0) is 29.7. The average molecular weight is 587 g/mol. The predicted octanol–water partition coefficient (Wildman–Crippen LogP) is 8.55. The molecular formula is C38H46N6. The van der Waals surface area contributed by atoms with Crippen LogP contribution in [0.5, 0.6) is 0 Å². The number of hydrogen-bond acceptors (Lipinski definition) is 5. The van der Waals surface area contributed by atoms with Gasteiger partial charge in [-0.2, -0.15) is 5.26 Å². The van der Waals surface area contributed by atoms with Crippen LogP contribution in [0.2, 0.25) is 0 Å². The molecule has 4 aromatic rings. The maximum Gasteiger partial charge on any atom is 0.156 e. The monoisotopic (exact) mass is 586 g/mol. The third-order valence-corrected chi connectivity index (χ3v) is 10.5. The SMILES string of the molecule is N#Cc1c(C2CCCCCC2)n(C2CCCCCC2)c2c(N3CCN(C(c4ccccc4)c4ccccc4)CC3)ncnc12. The molecule has 44 heavy (non-hydrogen) atoms. The number of anilines is 1. The Labute approximate surface area is 262 Å². The third kappa shape index (κ3) is 5.75. The molecule has 2 aromatic carbocycles. The van der Waals surface area contributed by atoms with Gasteiger partial charge in [0, 0.05) is 43.8 Å². The highest BCUT2D eigenvalue weighted by Crippen LogP contribution is 2.44. The van der Waals surface area contributed by atoms with Gasteiger partial charge in [0.25, 0.3) is 0 Å². The molecular weight excluding hydrogens is 540 g/mol. The Bertz CT molecular complexity index is 1510. The van der Waals surface area contributed by atoms with E-state index in [9.17, 15) is 5.26 Å². The molecule has 0 amide bonds. The van der Waals surface area contributed by atoms with Crippen molar-refractivity contribution in [2.75, 3.05) is 31.1 Å². The summed E-state index contributed by atoms with van der Waals surface area (Å²) in [6.07, 6.45) is 16.7. The van der Waals surface area contributed by atoms with Gasteiger partial charge in [0.1, 0.15) is 23.4 Å². The fraction of sp³-hybridized carbons (Fsp3) is 0.500. The van der Waals surface area contributed by atoms with Gasteiger partial charge in [-0.3, -0.25) is 4.90 Å². The first-order valence-corrected chi connectivity index (χ1v) is 17.2. The lowest BCUT2D eigenvalue weighted by Gasteiger charge is -2.40. The summed E-state index contributed by atoms with van der Waals surface area (Å²) in [6.45, 7) is 3.70. The summed E-state index contributed by atoms with van der Waals surface area (Å²) in [6, 6.07) is 25.2. The molecule has 2 aromatic heterocycles. The van der Waals surface area contributed by atoms with Crippen LogP contribution in [0.4, 0.5) is 5.82 Å². The molecule has 0 atom stereocenters. The minimum atomic E-state index is 0.229. The van der Waals surface area contributed by atoms with Crippen LogP contribution >= 0.6 is 0 Å². The van der Waals surface area contributed by atoms with Crippen molar-refractivity contribution >= 4 is 16.9 Å². The van der Waals surface area contributed by atoms with E-state index in [0.29, 0.717) is 12.0 Å². The highest BCUT2D eigenvalue weighted by molar-refractivity contribution is 5.93. The van der Waals surface area contributed by atoms with Crippen molar-refractivity contribution < 1.29 is 0 Å². The molecule has 6 nitrogen and oxygen atoms in total. The van der Waals surface area contributed by atoms with Gasteiger partial charge in [-0.15, -0.1) is 0 Å². The van der Waals surface area contributed by atoms with Crippen LogP contribution in [0.25, 0.3) is 11.0 Å². The summed E-state index contributed by atoms with van der Waals surface area (Å²) in [5, 5.41) is 10.7. The lowest BCUT2D eigenvalue weighted by molar-refractivity contribution is 0.212. The molecule has 1 aliphatic heterocycles. The summed E-state index contributed by atoms with van der Waals surface area (Å²) in [5.74, 6) is 1.47. The van der Waals surface area contributed by atoms with E-state index in [0.717, 1.165) is 48.6 Å². The molecule has 3 fully saturated rings. The Kier molecular flexibility index (Phi) is 8.93. The number of rotatable bonds is 6. The summed E-state index contributed by atoms with van der Waals surface area (Å²) in [7, 11) is 0. The maximum absolute atomic E-state index is 10.7. The first-order valence-electron chi connectivity index (χ1n) is 17.2. The molecule has 2 saturated carbocycles. The highest BCUT2D eigenvalue weighted by Gasteiger charge is 2.34. The second kappa shape index (κ2) is 13.5. The van der Waals surface area contributed by atoms with Crippen LogP contribution < -0.4 is 4.90 Å². The first kappa shape index (κ1) is 29.0. The van der Waals surface area contributed by atoms with Crippen molar-refractivity contribution in [3.05, 3.63) is 89.4 Å². The van der Waals surface area contributed by atoms with E-state index < -0.39 is 0 Å². The number of piperazine rings is 1. The van der Waals surface area contributed by atoms with E-state index in [2.05, 4.69) is 81.1 Å². The fourth-order valence-corrected chi connectivity index (χ4v) is 8.40. The number of fused-ring (bicyclic) bond motifs is 1. The number of nitrogens with zero attached hydrogens (tertiary/aromatic N) is 6. The van der Waals surface area contributed by atoms with Crippen LogP contribution in [-0.2, 0) is 0 Å². The summed E-state index contributed by atoms with van der Waals surface area (Å²) < 4.78 is 2.63. The maximum atomic E-state index is 10.7. The zero-order valence-corrected chi connectivity index (χ0v) is 26.1. The summed E-state index contributed by atoms with van der Waals surface area (Å²) in [4.78, 5) is 15.0. The van der Waals surface area contributed by atoms with Crippen LogP contribution in [0.15, 0.2) is 67.0 Å². The molecule has 3 aliphatic rings. The lowest BCUT2D eigenvalue weighted by Crippen LogP contribution is -2.48. The van der Waals surface area contributed by atoms with E-state index in [-0.39, 0.29) is 6.04 Å². The normalized spacial score (nSPS) is 19.6. The minimum Gasteiger partial charge on any atom is -0.352 e. The van der Waals surface area contributed by atoms with Crippen molar-refractivity contribution in [1.29, 1.82) is 5.26 Å². The van der Waals surface area contributed by atoms with Crippen LogP contribution in [0.1, 0.15) is 117 Å². The zero-order valence-electron chi connectivity index (χ0n) is 26.1. The summed E-state index contributed by atoms with van der Waals surface area (Å²) >= 11 is 0. The fourth-order valence-electron chi connectivity index (χ4n) is 8.40. The van der Waals surface area contributed by atoms with Gasteiger partial charge in [-0.1, -0.05) is 112 Å². The van der Waals surface area contributed by atoms with E-state index in [1.807, 2.05) is 0 Å². The van der Waals surface area contributed by atoms with E-state index >= 15 is 0 Å². The smallest absolute Gasteiger partial charge is 0.156 e. The molecule has 1 saturated heterocycles. The van der Waals surface area contributed by atoms with Crippen molar-refractivity contribution in [3.63, 3.8) is 0 Å². The molecule has 0 radical (unpaired) electrons. The molecule has 2 aliphatic carbocycles. The molecule has 7 rings (SSSR count). The molecule has 0 bridgehead atoms. The van der Waals surface area contributed by atoms with Gasteiger partial charge in [0.2, 0.25) is 0 Å². The Morgan fingerprint density at radius 1 is 0.682 bits per heavy atom. The second-order valence-electron chi connectivity index (χ2n) is 13.2. The van der Waals surface area contributed by atoms with Crippen LogP contribution in [0, 0.1) is 11.3 Å². The van der Waals surface area contributed by atoms with E-state index in [4.69, 9.17) is 9.97 Å². The van der Waals surface area contributed by atoms with Gasteiger partial charge in [-0.05, 0) is 36.8 Å². The van der Waals surface area contributed by atoms with Crippen LogP contribution in [-0.4, -0.2) is 45.6 Å².